The van der Waals surface area contributed by atoms with Gasteiger partial charge in [-0.25, -0.2) is 4.39 Å². The van der Waals surface area contributed by atoms with E-state index >= 15 is 0 Å². The first-order valence-corrected chi connectivity index (χ1v) is 4.56. The number of rotatable bonds is 2. The molecule has 0 amide bonds. The summed E-state index contributed by atoms with van der Waals surface area (Å²) >= 11 is 5.61. The molecule has 1 aromatic heterocycles. The molecular formula is C9H7ClFN3O. The van der Waals surface area contributed by atoms with Gasteiger partial charge in [0.25, 0.3) is 5.89 Å². The summed E-state index contributed by atoms with van der Waals surface area (Å²) in [5, 5.41) is 3.88. The molecule has 1 aromatic carbocycles. The highest BCUT2D eigenvalue weighted by Crippen LogP contribution is 2.23. The highest BCUT2D eigenvalue weighted by atomic mass is 35.5. The lowest BCUT2D eigenvalue weighted by Gasteiger charge is -1.96. The summed E-state index contributed by atoms with van der Waals surface area (Å²) in [5.41, 5.74) is 5.52. The van der Waals surface area contributed by atoms with Gasteiger partial charge < -0.3 is 10.3 Å². The van der Waals surface area contributed by atoms with Crippen LogP contribution in [0.4, 0.5) is 4.39 Å². The zero-order valence-electron chi connectivity index (χ0n) is 7.58. The molecule has 0 saturated carbocycles. The standard InChI is InChI=1S/C9H7ClFN3O/c10-5-1-2-6(7(11)3-5)9-13-8(4-12)14-15-9/h1-3H,4,12H2. The zero-order valence-corrected chi connectivity index (χ0v) is 8.33. The van der Waals surface area contributed by atoms with Crippen molar-refractivity contribution < 1.29 is 8.91 Å². The Morgan fingerprint density at radius 1 is 1.47 bits per heavy atom. The topological polar surface area (TPSA) is 64.9 Å². The van der Waals surface area contributed by atoms with Crippen LogP contribution in [0, 0.1) is 5.82 Å². The lowest BCUT2D eigenvalue weighted by molar-refractivity contribution is 0.420. The first-order valence-electron chi connectivity index (χ1n) is 4.19. The number of hydrogen-bond donors (Lipinski definition) is 1. The lowest BCUT2D eigenvalue weighted by atomic mass is 10.2. The summed E-state index contributed by atoms with van der Waals surface area (Å²) in [6.07, 6.45) is 0. The molecule has 0 radical (unpaired) electrons. The van der Waals surface area contributed by atoms with Crippen LogP contribution in [0.5, 0.6) is 0 Å². The van der Waals surface area contributed by atoms with Crippen molar-refractivity contribution in [1.29, 1.82) is 0 Å². The SMILES string of the molecule is NCc1noc(-c2ccc(Cl)cc2F)n1. The maximum absolute atomic E-state index is 13.4. The lowest BCUT2D eigenvalue weighted by Crippen LogP contribution is -1.97. The van der Waals surface area contributed by atoms with Crippen LogP contribution >= 0.6 is 11.6 Å². The van der Waals surface area contributed by atoms with Gasteiger partial charge in [-0.1, -0.05) is 16.8 Å². The van der Waals surface area contributed by atoms with Gasteiger partial charge in [-0.05, 0) is 18.2 Å². The molecule has 2 N–H and O–H groups in total. The second-order valence-corrected chi connectivity index (χ2v) is 3.28. The Hall–Kier alpha value is -1.46. The molecular weight excluding hydrogens is 221 g/mol. The van der Waals surface area contributed by atoms with Crippen LogP contribution in [0.1, 0.15) is 5.82 Å². The number of nitrogens with two attached hydrogens (primary N) is 1. The summed E-state index contributed by atoms with van der Waals surface area (Å²) in [5.74, 6) is -0.0707. The first-order chi connectivity index (χ1) is 7.20. The minimum absolute atomic E-state index is 0.101. The van der Waals surface area contributed by atoms with Crippen molar-refractivity contribution in [3.8, 4) is 11.5 Å². The van der Waals surface area contributed by atoms with E-state index in [2.05, 4.69) is 10.1 Å². The van der Waals surface area contributed by atoms with Crippen LogP contribution in [-0.4, -0.2) is 10.1 Å². The average molecular weight is 228 g/mol. The quantitative estimate of drug-likeness (QED) is 0.852. The molecule has 0 aliphatic carbocycles. The summed E-state index contributed by atoms with van der Waals surface area (Å²) in [4.78, 5) is 3.90. The minimum Gasteiger partial charge on any atom is -0.334 e. The van der Waals surface area contributed by atoms with E-state index in [4.69, 9.17) is 21.9 Å². The van der Waals surface area contributed by atoms with Gasteiger partial charge in [0, 0.05) is 5.02 Å². The van der Waals surface area contributed by atoms with E-state index < -0.39 is 5.82 Å². The third-order valence-electron chi connectivity index (χ3n) is 1.81. The summed E-state index contributed by atoms with van der Waals surface area (Å²) in [6, 6.07) is 4.21. The Morgan fingerprint density at radius 2 is 2.27 bits per heavy atom. The molecule has 0 spiro atoms. The van der Waals surface area contributed by atoms with E-state index in [1.54, 1.807) is 6.07 Å². The molecule has 6 heteroatoms. The predicted octanol–water partition coefficient (Wildman–Crippen LogP) is 1.99. The number of halogens is 2. The zero-order chi connectivity index (χ0) is 10.8. The molecule has 0 fully saturated rings. The second kappa shape index (κ2) is 3.96. The van der Waals surface area contributed by atoms with Crippen molar-refractivity contribution in [3.05, 3.63) is 34.9 Å². The van der Waals surface area contributed by atoms with Crippen molar-refractivity contribution in [3.63, 3.8) is 0 Å². The monoisotopic (exact) mass is 227 g/mol. The third-order valence-corrected chi connectivity index (χ3v) is 2.05. The van der Waals surface area contributed by atoms with Crippen LogP contribution in [-0.2, 0) is 6.54 Å². The summed E-state index contributed by atoms with van der Waals surface area (Å²) in [7, 11) is 0. The van der Waals surface area contributed by atoms with E-state index in [-0.39, 0.29) is 18.0 Å². The van der Waals surface area contributed by atoms with Crippen LogP contribution < -0.4 is 5.73 Å². The molecule has 0 bridgehead atoms. The van der Waals surface area contributed by atoms with Gasteiger partial charge in [0.2, 0.25) is 0 Å². The minimum atomic E-state index is -0.505. The molecule has 0 atom stereocenters. The van der Waals surface area contributed by atoms with Gasteiger partial charge in [0.1, 0.15) is 5.82 Å². The van der Waals surface area contributed by atoms with Gasteiger partial charge in [-0.2, -0.15) is 4.98 Å². The Bertz CT molecular complexity index is 486. The molecule has 1 heterocycles. The molecule has 78 valence electrons. The normalized spacial score (nSPS) is 10.6. The van der Waals surface area contributed by atoms with Crippen LogP contribution in [0.2, 0.25) is 5.02 Å². The molecule has 0 saturated heterocycles. The van der Waals surface area contributed by atoms with E-state index in [0.717, 1.165) is 0 Å². The largest absolute Gasteiger partial charge is 0.334 e. The Labute approximate surface area is 89.8 Å². The van der Waals surface area contributed by atoms with Crippen molar-refractivity contribution in [2.45, 2.75) is 6.54 Å². The molecule has 4 nitrogen and oxygen atoms in total. The van der Waals surface area contributed by atoms with Crippen LogP contribution in [0.25, 0.3) is 11.5 Å². The number of hydrogen-bond acceptors (Lipinski definition) is 4. The Balaban J connectivity index is 2.44. The molecule has 2 rings (SSSR count). The van der Waals surface area contributed by atoms with Crippen LogP contribution in [0.15, 0.2) is 22.7 Å². The third kappa shape index (κ3) is 1.98. The van der Waals surface area contributed by atoms with Crippen molar-refractivity contribution in [1.82, 2.24) is 10.1 Å². The Morgan fingerprint density at radius 3 is 2.87 bits per heavy atom. The van der Waals surface area contributed by atoms with Gasteiger partial charge in [-0.3, -0.25) is 0 Å². The van der Waals surface area contributed by atoms with Gasteiger partial charge in [0.05, 0.1) is 12.1 Å². The predicted molar refractivity (Wildman–Crippen MR) is 52.6 cm³/mol. The van der Waals surface area contributed by atoms with E-state index in [9.17, 15) is 4.39 Å². The summed E-state index contributed by atoms with van der Waals surface area (Å²) < 4.78 is 18.2. The molecule has 0 aliphatic rings. The fourth-order valence-corrected chi connectivity index (χ4v) is 1.27. The van der Waals surface area contributed by atoms with E-state index in [1.165, 1.54) is 12.1 Å². The second-order valence-electron chi connectivity index (χ2n) is 2.84. The molecule has 2 aromatic rings. The van der Waals surface area contributed by atoms with Crippen molar-refractivity contribution >= 4 is 11.6 Å². The van der Waals surface area contributed by atoms with E-state index in [1.807, 2.05) is 0 Å². The summed E-state index contributed by atoms with van der Waals surface area (Å²) in [6.45, 7) is 0.151. The molecule has 15 heavy (non-hydrogen) atoms. The number of aromatic nitrogens is 2. The van der Waals surface area contributed by atoms with E-state index in [0.29, 0.717) is 10.8 Å². The Kier molecular flexibility index (Phi) is 2.66. The average Bonchev–Trinajstić information content (AvgIpc) is 2.66. The fourth-order valence-electron chi connectivity index (χ4n) is 1.11. The number of benzene rings is 1. The van der Waals surface area contributed by atoms with Crippen LogP contribution in [0.3, 0.4) is 0 Å². The first kappa shape index (κ1) is 10.1. The van der Waals surface area contributed by atoms with Gasteiger partial charge in [0.15, 0.2) is 5.82 Å². The van der Waals surface area contributed by atoms with Gasteiger partial charge in [-0.15, -0.1) is 0 Å². The maximum Gasteiger partial charge on any atom is 0.260 e. The van der Waals surface area contributed by atoms with Crippen molar-refractivity contribution in [2.75, 3.05) is 0 Å². The molecule has 0 unspecified atom stereocenters. The highest BCUT2D eigenvalue weighted by Gasteiger charge is 2.12. The van der Waals surface area contributed by atoms with Crippen molar-refractivity contribution in [2.24, 2.45) is 5.73 Å². The smallest absolute Gasteiger partial charge is 0.260 e. The maximum atomic E-state index is 13.4. The van der Waals surface area contributed by atoms with Gasteiger partial charge >= 0.3 is 0 Å². The highest BCUT2D eigenvalue weighted by molar-refractivity contribution is 6.30. The fraction of sp³-hybridized carbons (Fsp3) is 0.111. The number of nitrogens with zero attached hydrogens (tertiary/aromatic N) is 2. The molecule has 0 aliphatic heterocycles.